The van der Waals surface area contributed by atoms with E-state index in [-0.39, 0.29) is 12.7 Å². The molecule has 5 heteroatoms. The number of aliphatic hydroxyl groups excluding tert-OH is 2. The maximum absolute atomic E-state index is 9.68. The fraction of sp³-hybridized carbons (Fsp3) is 1.00. The van der Waals surface area contributed by atoms with Gasteiger partial charge in [-0.05, 0) is 12.8 Å². The summed E-state index contributed by atoms with van der Waals surface area (Å²) in [4.78, 5) is 0. The number of aliphatic hydroxyl groups is 2. The van der Waals surface area contributed by atoms with E-state index in [1.807, 2.05) is 0 Å². The number of hydrogen-bond donors (Lipinski definition) is 2. The SMILES string of the molecule is OC[C@H]1O[C@@H](O)[C@@H]2OC3(CCCCC3)O[C@@H]21. The quantitative estimate of drug-likeness (QED) is 0.670. The molecule has 3 fully saturated rings. The molecule has 0 aromatic carbocycles. The molecule has 2 N–H and O–H groups in total. The third kappa shape index (κ3) is 1.58. The first-order valence-corrected chi connectivity index (χ1v) is 6.04. The van der Waals surface area contributed by atoms with Gasteiger partial charge in [-0.3, -0.25) is 0 Å². The summed E-state index contributed by atoms with van der Waals surface area (Å²) in [5, 5.41) is 18.8. The van der Waals surface area contributed by atoms with Crippen molar-refractivity contribution in [3.8, 4) is 0 Å². The van der Waals surface area contributed by atoms with Gasteiger partial charge in [-0.1, -0.05) is 6.42 Å². The monoisotopic (exact) mass is 230 g/mol. The van der Waals surface area contributed by atoms with Crippen LogP contribution in [0.2, 0.25) is 0 Å². The Morgan fingerprint density at radius 3 is 2.44 bits per heavy atom. The smallest absolute Gasteiger partial charge is 0.184 e. The predicted molar refractivity (Wildman–Crippen MR) is 53.5 cm³/mol. The summed E-state index contributed by atoms with van der Waals surface area (Å²) in [5.41, 5.74) is 0. The number of hydrogen-bond acceptors (Lipinski definition) is 5. The lowest BCUT2D eigenvalue weighted by Gasteiger charge is -2.33. The minimum Gasteiger partial charge on any atom is -0.394 e. The van der Waals surface area contributed by atoms with Crippen LogP contribution in [0.25, 0.3) is 0 Å². The molecule has 0 amide bonds. The van der Waals surface area contributed by atoms with Gasteiger partial charge in [-0.15, -0.1) is 0 Å². The third-order valence-electron chi connectivity index (χ3n) is 3.78. The normalized spacial score (nSPS) is 46.1. The van der Waals surface area contributed by atoms with Crippen LogP contribution in [0.5, 0.6) is 0 Å². The highest BCUT2D eigenvalue weighted by Gasteiger charge is 2.57. The zero-order valence-electron chi connectivity index (χ0n) is 9.17. The summed E-state index contributed by atoms with van der Waals surface area (Å²) < 4.78 is 16.9. The van der Waals surface area contributed by atoms with E-state index < -0.39 is 24.3 Å². The maximum atomic E-state index is 9.68. The number of fused-ring (bicyclic) bond motifs is 1. The van der Waals surface area contributed by atoms with Crippen LogP contribution in [0.1, 0.15) is 32.1 Å². The average Bonchev–Trinajstić information content (AvgIpc) is 2.78. The first kappa shape index (κ1) is 10.9. The Morgan fingerprint density at radius 1 is 1.06 bits per heavy atom. The molecular formula is C11H18O5. The highest BCUT2D eigenvalue weighted by molar-refractivity contribution is 4.97. The Bertz CT molecular complexity index is 263. The number of ether oxygens (including phenoxy) is 3. The minimum absolute atomic E-state index is 0.141. The van der Waals surface area contributed by atoms with Gasteiger partial charge in [-0.25, -0.2) is 0 Å². The van der Waals surface area contributed by atoms with E-state index >= 15 is 0 Å². The summed E-state index contributed by atoms with van der Waals surface area (Å²) in [6.07, 6.45) is 2.99. The fourth-order valence-corrected chi connectivity index (χ4v) is 2.97. The van der Waals surface area contributed by atoms with Gasteiger partial charge in [0.1, 0.15) is 18.3 Å². The number of rotatable bonds is 1. The third-order valence-corrected chi connectivity index (χ3v) is 3.78. The van der Waals surface area contributed by atoms with Crippen molar-refractivity contribution < 1.29 is 24.4 Å². The van der Waals surface area contributed by atoms with Crippen LogP contribution >= 0.6 is 0 Å². The van der Waals surface area contributed by atoms with Crippen LogP contribution in [0.15, 0.2) is 0 Å². The second-order valence-corrected chi connectivity index (χ2v) is 4.88. The Kier molecular flexibility index (Phi) is 2.68. The van der Waals surface area contributed by atoms with Gasteiger partial charge in [-0.2, -0.15) is 0 Å². The first-order valence-electron chi connectivity index (χ1n) is 6.04. The van der Waals surface area contributed by atoms with Crippen molar-refractivity contribution in [2.45, 2.75) is 62.5 Å². The highest BCUT2D eigenvalue weighted by Crippen LogP contribution is 2.45. The van der Waals surface area contributed by atoms with Crippen molar-refractivity contribution in [2.75, 3.05) is 6.61 Å². The lowest BCUT2D eigenvalue weighted by Crippen LogP contribution is -2.37. The van der Waals surface area contributed by atoms with Gasteiger partial charge < -0.3 is 24.4 Å². The topological polar surface area (TPSA) is 68.2 Å². The molecule has 0 aromatic rings. The van der Waals surface area contributed by atoms with Crippen LogP contribution in [0.4, 0.5) is 0 Å². The molecule has 0 aromatic heterocycles. The molecule has 2 aliphatic heterocycles. The van der Waals surface area contributed by atoms with Gasteiger partial charge in [0, 0.05) is 12.8 Å². The molecule has 4 atom stereocenters. The molecule has 16 heavy (non-hydrogen) atoms. The largest absolute Gasteiger partial charge is 0.394 e. The molecule has 5 nitrogen and oxygen atoms in total. The van der Waals surface area contributed by atoms with Gasteiger partial charge >= 0.3 is 0 Å². The summed E-state index contributed by atoms with van der Waals surface area (Å²) in [5.74, 6) is -0.522. The van der Waals surface area contributed by atoms with E-state index in [4.69, 9.17) is 19.3 Å². The van der Waals surface area contributed by atoms with Crippen molar-refractivity contribution in [3.05, 3.63) is 0 Å². The maximum Gasteiger partial charge on any atom is 0.184 e. The molecule has 0 bridgehead atoms. The summed E-state index contributed by atoms with van der Waals surface area (Å²) >= 11 is 0. The average molecular weight is 230 g/mol. The van der Waals surface area contributed by atoms with Crippen LogP contribution < -0.4 is 0 Å². The van der Waals surface area contributed by atoms with Crippen molar-refractivity contribution in [2.24, 2.45) is 0 Å². The molecule has 1 spiro atoms. The van der Waals surface area contributed by atoms with Crippen LogP contribution in [-0.4, -0.2) is 47.2 Å². The molecule has 0 unspecified atom stereocenters. The van der Waals surface area contributed by atoms with Crippen LogP contribution in [0.3, 0.4) is 0 Å². The summed E-state index contributed by atoms with van der Waals surface area (Å²) in [6.45, 7) is -0.141. The van der Waals surface area contributed by atoms with Crippen molar-refractivity contribution in [3.63, 3.8) is 0 Å². The Balaban J connectivity index is 1.76. The van der Waals surface area contributed by atoms with E-state index in [0.717, 1.165) is 25.7 Å². The van der Waals surface area contributed by atoms with Crippen molar-refractivity contribution >= 4 is 0 Å². The predicted octanol–water partition coefficient (Wildman–Crippen LogP) is 0.140. The van der Waals surface area contributed by atoms with Crippen molar-refractivity contribution in [1.29, 1.82) is 0 Å². The second-order valence-electron chi connectivity index (χ2n) is 4.88. The van der Waals surface area contributed by atoms with Gasteiger partial charge in [0.15, 0.2) is 12.1 Å². The van der Waals surface area contributed by atoms with E-state index in [1.165, 1.54) is 6.42 Å². The molecule has 3 rings (SSSR count). The second kappa shape index (κ2) is 3.92. The zero-order chi connectivity index (χ0) is 11.2. The van der Waals surface area contributed by atoms with Crippen LogP contribution in [-0.2, 0) is 14.2 Å². The summed E-state index contributed by atoms with van der Waals surface area (Å²) in [6, 6.07) is 0. The molecule has 0 radical (unpaired) electrons. The van der Waals surface area contributed by atoms with Gasteiger partial charge in [0.2, 0.25) is 0 Å². The molecular weight excluding hydrogens is 212 g/mol. The van der Waals surface area contributed by atoms with Crippen molar-refractivity contribution in [1.82, 2.24) is 0 Å². The molecule has 92 valence electrons. The van der Waals surface area contributed by atoms with Gasteiger partial charge in [0.05, 0.1) is 6.61 Å². The lowest BCUT2D eigenvalue weighted by atomic mass is 9.94. The molecule has 2 heterocycles. The Morgan fingerprint density at radius 2 is 1.75 bits per heavy atom. The Hall–Kier alpha value is -0.200. The first-order chi connectivity index (χ1) is 7.74. The van der Waals surface area contributed by atoms with Gasteiger partial charge in [0.25, 0.3) is 0 Å². The standard InChI is InChI=1S/C11H18O5/c12-6-7-8-9(10(13)14-7)16-11(15-8)4-2-1-3-5-11/h7-10,12-13H,1-6H2/t7-,8-,9-,10-/m1/s1. The van der Waals surface area contributed by atoms with Crippen LogP contribution in [0, 0.1) is 0 Å². The molecule has 1 aliphatic carbocycles. The molecule has 2 saturated heterocycles. The minimum atomic E-state index is -0.969. The highest BCUT2D eigenvalue weighted by atomic mass is 16.8. The molecule has 1 saturated carbocycles. The molecule has 3 aliphatic rings. The summed E-state index contributed by atoms with van der Waals surface area (Å²) in [7, 11) is 0. The van der Waals surface area contributed by atoms with E-state index in [1.54, 1.807) is 0 Å². The van der Waals surface area contributed by atoms with E-state index in [0.29, 0.717) is 0 Å². The van der Waals surface area contributed by atoms with E-state index in [2.05, 4.69) is 0 Å². The zero-order valence-corrected chi connectivity index (χ0v) is 9.17. The fourth-order valence-electron chi connectivity index (χ4n) is 2.97. The lowest BCUT2D eigenvalue weighted by molar-refractivity contribution is -0.249. The Labute approximate surface area is 94.3 Å². The van der Waals surface area contributed by atoms with E-state index in [9.17, 15) is 5.11 Å².